The van der Waals surface area contributed by atoms with Crippen molar-refractivity contribution in [3.8, 4) is 5.75 Å². The van der Waals surface area contributed by atoms with Crippen LogP contribution >= 0.6 is 11.6 Å². The molecule has 1 amide bonds. The van der Waals surface area contributed by atoms with Crippen LogP contribution in [0.4, 0.5) is 0 Å². The minimum absolute atomic E-state index is 0.00220. The maximum atomic E-state index is 12.2. The van der Waals surface area contributed by atoms with Gasteiger partial charge >= 0.3 is 0 Å². The van der Waals surface area contributed by atoms with Crippen molar-refractivity contribution in [3.05, 3.63) is 28.8 Å². The van der Waals surface area contributed by atoms with Gasteiger partial charge in [0.1, 0.15) is 5.75 Å². The number of piperidine rings is 1. The molecule has 0 bridgehead atoms. The molecule has 0 aliphatic carbocycles. The van der Waals surface area contributed by atoms with Gasteiger partial charge in [0.05, 0.1) is 5.56 Å². The predicted octanol–water partition coefficient (Wildman–Crippen LogP) is 2.92. The first-order chi connectivity index (χ1) is 8.08. The van der Waals surface area contributed by atoms with Crippen molar-refractivity contribution >= 4 is 17.5 Å². The number of phenols is 1. The van der Waals surface area contributed by atoms with E-state index in [-0.39, 0.29) is 11.7 Å². The number of nitrogens with zero attached hydrogens (tertiary/aromatic N) is 1. The summed E-state index contributed by atoms with van der Waals surface area (Å²) in [6, 6.07) is 4.56. The van der Waals surface area contributed by atoms with Crippen LogP contribution in [-0.4, -0.2) is 29.0 Å². The summed E-state index contributed by atoms with van der Waals surface area (Å²) in [7, 11) is 0. The van der Waals surface area contributed by atoms with E-state index < -0.39 is 0 Å². The van der Waals surface area contributed by atoms with Crippen LogP contribution < -0.4 is 0 Å². The van der Waals surface area contributed by atoms with Crippen molar-refractivity contribution in [3.63, 3.8) is 0 Å². The van der Waals surface area contributed by atoms with Gasteiger partial charge in [0, 0.05) is 18.1 Å². The van der Waals surface area contributed by atoms with E-state index in [1.165, 1.54) is 12.1 Å². The highest BCUT2D eigenvalue weighted by Crippen LogP contribution is 2.25. The molecule has 1 saturated heterocycles. The molecule has 0 saturated carbocycles. The van der Waals surface area contributed by atoms with E-state index in [9.17, 15) is 9.90 Å². The standard InChI is InChI=1S/C13H16ClNO2/c1-9-3-2-6-15(8-9)13(17)11-7-10(14)4-5-12(11)16/h4-5,7,9,16H,2-3,6,8H2,1H3/t9-/m1/s1. The van der Waals surface area contributed by atoms with E-state index in [1.54, 1.807) is 11.0 Å². The van der Waals surface area contributed by atoms with Gasteiger partial charge in [-0.05, 0) is 37.0 Å². The van der Waals surface area contributed by atoms with Gasteiger partial charge in [-0.15, -0.1) is 0 Å². The molecule has 4 heteroatoms. The summed E-state index contributed by atoms with van der Waals surface area (Å²) in [5, 5.41) is 10.2. The summed E-state index contributed by atoms with van der Waals surface area (Å²) in [6.07, 6.45) is 2.18. The maximum absolute atomic E-state index is 12.2. The first-order valence-corrected chi connectivity index (χ1v) is 6.23. The lowest BCUT2D eigenvalue weighted by Gasteiger charge is -2.31. The Hall–Kier alpha value is -1.22. The molecule has 2 rings (SSSR count). The Morgan fingerprint density at radius 2 is 2.29 bits per heavy atom. The molecule has 1 aliphatic rings. The lowest BCUT2D eigenvalue weighted by Crippen LogP contribution is -2.39. The SMILES string of the molecule is C[C@@H]1CCCN(C(=O)c2cc(Cl)ccc2O)C1. The number of hydrogen-bond donors (Lipinski definition) is 1. The van der Waals surface area contributed by atoms with E-state index >= 15 is 0 Å². The molecule has 1 N–H and O–H groups in total. The first-order valence-electron chi connectivity index (χ1n) is 5.85. The smallest absolute Gasteiger partial charge is 0.257 e. The van der Waals surface area contributed by atoms with E-state index in [4.69, 9.17) is 11.6 Å². The van der Waals surface area contributed by atoms with Gasteiger partial charge < -0.3 is 10.0 Å². The van der Waals surface area contributed by atoms with Gasteiger partial charge in [0.15, 0.2) is 0 Å². The number of phenolic OH excluding ortho intramolecular Hbond substituents is 1. The lowest BCUT2D eigenvalue weighted by molar-refractivity contribution is 0.0680. The number of aromatic hydroxyl groups is 1. The summed E-state index contributed by atoms with van der Waals surface area (Å²) in [6.45, 7) is 3.65. The lowest BCUT2D eigenvalue weighted by atomic mass is 9.99. The highest BCUT2D eigenvalue weighted by Gasteiger charge is 2.23. The minimum atomic E-state index is -0.128. The fourth-order valence-electron chi connectivity index (χ4n) is 2.22. The summed E-state index contributed by atoms with van der Waals surface area (Å²) in [4.78, 5) is 14.0. The number of benzene rings is 1. The molecular formula is C13H16ClNO2. The molecule has 0 unspecified atom stereocenters. The second-order valence-corrected chi connectivity index (χ2v) is 5.10. The van der Waals surface area contributed by atoms with E-state index in [2.05, 4.69) is 6.92 Å². The average Bonchev–Trinajstić information content (AvgIpc) is 2.31. The normalized spacial score (nSPS) is 20.4. The van der Waals surface area contributed by atoms with E-state index in [1.807, 2.05) is 0 Å². The summed E-state index contributed by atoms with van der Waals surface area (Å²) in [5.74, 6) is 0.392. The van der Waals surface area contributed by atoms with E-state index in [0.717, 1.165) is 25.9 Å². The van der Waals surface area contributed by atoms with Crippen molar-refractivity contribution in [2.75, 3.05) is 13.1 Å². The van der Waals surface area contributed by atoms with Gasteiger partial charge in [-0.2, -0.15) is 0 Å². The summed E-state index contributed by atoms with van der Waals surface area (Å²) < 4.78 is 0. The number of hydrogen-bond acceptors (Lipinski definition) is 2. The highest BCUT2D eigenvalue weighted by atomic mass is 35.5. The highest BCUT2D eigenvalue weighted by molar-refractivity contribution is 6.31. The van der Waals surface area contributed by atoms with E-state index in [0.29, 0.717) is 16.5 Å². The zero-order valence-corrected chi connectivity index (χ0v) is 10.6. The molecule has 1 heterocycles. The predicted molar refractivity (Wildman–Crippen MR) is 67.4 cm³/mol. The molecule has 1 aromatic carbocycles. The molecular weight excluding hydrogens is 238 g/mol. The number of amides is 1. The molecule has 17 heavy (non-hydrogen) atoms. The second-order valence-electron chi connectivity index (χ2n) is 4.66. The Kier molecular flexibility index (Phi) is 3.57. The van der Waals surface area contributed by atoms with Crippen molar-refractivity contribution in [1.29, 1.82) is 0 Å². The Bertz CT molecular complexity index is 433. The molecule has 92 valence electrons. The fraction of sp³-hybridized carbons (Fsp3) is 0.462. The summed E-state index contributed by atoms with van der Waals surface area (Å²) >= 11 is 5.85. The van der Waals surface area contributed by atoms with Crippen LogP contribution in [0.15, 0.2) is 18.2 Å². The molecule has 1 aromatic rings. The Balaban J connectivity index is 2.21. The number of rotatable bonds is 1. The first kappa shape index (κ1) is 12.2. The zero-order valence-electron chi connectivity index (χ0n) is 9.82. The average molecular weight is 254 g/mol. The van der Waals surface area contributed by atoms with Crippen molar-refractivity contribution in [2.45, 2.75) is 19.8 Å². The molecule has 0 radical (unpaired) electrons. The zero-order chi connectivity index (χ0) is 12.4. The van der Waals surface area contributed by atoms with Gasteiger partial charge in [0.25, 0.3) is 5.91 Å². The van der Waals surface area contributed by atoms with Crippen LogP contribution in [0.2, 0.25) is 5.02 Å². The van der Waals surface area contributed by atoms with Crippen molar-refractivity contribution in [2.24, 2.45) is 5.92 Å². The third kappa shape index (κ3) is 2.72. The van der Waals surface area contributed by atoms with Gasteiger partial charge in [-0.3, -0.25) is 4.79 Å². The van der Waals surface area contributed by atoms with Gasteiger partial charge in [-0.1, -0.05) is 18.5 Å². The number of likely N-dealkylation sites (tertiary alicyclic amines) is 1. The second kappa shape index (κ2) is 4.96. The Morgan fingerprint density at radius 3 is 3.00 bits per heavy atom. The monoisotopic (exact) mass is 253 g/mol. The summed E-state index contributed by atoms with van der Waals surface area (Å²) in [5.41, 5.74) is 0.298. The van der Waals surface area contributed by atoms with Crippen LogP contribution in [0, 0.1) is 5.92 Å². The Labute approximate surface area is 106 Å². The van der Waals surface area contributed by atoms with Gasteiger partial charge in [-0.25, -0.2) is 0 Å². The largest absolute Gasteiger partial charge is 0.507 e. The van der Waals surface area contributed by atoms with Crippen LogP contribution in [0.25, 0.3) is 0 Å². The Morgan fingerprint density at radius 1 is 1.53 bits per heavy atom. The third-order valence-electron chi connectivity index (χ3n) is 3.13. The molecule has 0 spiro atoms. The molecule has 0 aromatic heterocycles. The topological polar surface area (TPSA) is 40.5 Å². The molecule has 1 atom stereocenters. The van der Waals surface area contributed by atoms with Crippen molar-refractivity contribution < 1.29 is 9.90 Å². The number of carbonyl (C=O) groups excluding carboxylic acids is 1. The number of carbonyl (C=O) groups is 1. The van der Waals surface area contributed by atoms with Crippen LogP contribution in [0.3, 0.4) is 0 Å². The maximum Gasteiger partial charge on any atom is 0.257 e. The molecule has 1 aliphatic heterocycles. The van der Waals surface area contributed by atoms with Crippen LogP contribution in [0.1, 0.15) is 30.1 Å². The van der Waals surface area contributed by atoms with Crippen molar-refractivity contribution in [1.82, 2.24) is 4.90 Å². The molecule has 1 fully saturated rings. The van der Waals surface area contributed by atoms with Gasteiger partial charge in [0.2, 0.25) is 0 Å². The van der Waals surface area contributed by atoms with Crippen LogP contribution in [-0.2, 0) is 0 Å². The molecule has 3 nitrogen and oxygen atoms in total. The fourth-order valence-corrected chi connectivity index (χ4v) is 2.40. The third-order valence-corrected chi connectivity index (χ3v) is 3.37. The number of halogens is 1. The quantitative estimate of drug-likeness (QED) is 0.836. The minimum Gasteiger partial charge on any atom is -0.507 e. The van der Waals surface area contributed by atoms with Crippen LogP contribution in [0.5, 0.6) is 5.75 Å².